The van der Waals surface area contributed by atoms with Gasteiger partial charge in [0.05, 0.1) is 17.6 Å². The molecule has 4 nitrogen and oxygen atoms in total. The van der Waals surface area contributed by atoms with E-state index in [4.69, 9.17) is 0 Å². The highest BCUT2D eigenvalue weighted by molar-refractivity contribution is 7.92. The van der Waals surface area contributed by atoms with Gasteiger partial charge in [0.1, 0.15) is 0 Å². The monoisotopic (exact) mass is 310 g/mol. The van der Waals surface area contributed by atoms with Gasteiger partial charge >= 0.3 is 0 Å². The number of hydrogen-bond acceptors (Lipinski definition) is 3. The Hall–Kier alpha value is -1.23. The maximum atomic E-state index is 11.4. The van der Waals surface area contributed by atoms with Gasteiger partial charge in [0, 0.05) is 6.04 Å². The molecule has 0 aliphatic heterocycles. The first-order chi connectivity index (χ1) is 9.98. The first-order valence-corrected chi connectivity index (χ1v) is 9.70. The SMILES string of the molecule is CCCC1CCC(Nc2ccccc2NS(C)(=O)=O)CC1. The van der Waals surface area contributed by atoms with Gasteiger partial charge in [-0.25, -0.2) is 8.42 Å². The molecule has 0 saturated heterocycles. The van der Waals surface area contributed by atoms with Crippen LogP contribution in [0.15, 0.2) is 24.3 Å². The first kappa shape index (κ1) is 16.1. The van der Waals surface area contributed by atoms with Crippen molar-refractivity contribution in [1.29, 1.82) is 0 Å². The van der Waals surface area contributed by atoms with Crippen LogP contribution in [0.2, 0.25) is 0 Å². The molecule has 0 unspecified atom stereocenters. The Morgan fingerprint density at radius 2 is 1.71 bits per heavy atom. The topological polar surface area (TPSA) is 58.2 Å². The summed E-state index contributed by atoms with van der Waals surface area (Å²) in [5, 5.41) is 3.51. The van der Waals surface area contributed by atoms with Gasteiger partial charge < -0.3 is 5.32 Å². The Morgan fingerprint density at radius 1 is 1.10 bits per heavy atom. The molecule has 2 rings (SSSR count). The van der Waals surface area contributed by atoms with Gasteiger partial charge in [-0.1, -0.05) is 31.9 Å². The van der Waals surface area contributed by atoms with Gasteiger partial charge in [-0.05, 0) is 43.7 Å². The average Bonchev–Trinajstić information content (AvgIpc) is 2.42. The molecule has 1 aromatic rings. The normalized spacial score (nSPS) is 22.8. The van der Waals surface area contributed by atoms with E-state index in [1.807, 2.05) is 18.2 Å². The van der Waals surface area contributed by atoms with Crippen LogP contribution in [-0.2, 0) is 10.0 Å². The maximum Gasteiger partial charge on any atom is 0.229 e. The zero-order valence-corrected chi connectivity index (χ0v) is 13.7. The van der Waals surface area contributed by atoms with Gasteiger partial charge in [-0.3, -0.25) is 4.72 Å². The van der Waals surface area contributed by atoms with Gasteiger partial charge in [0.15, 0.2) is 0 Å². The summed E-state index contributed by atoms with van der Waals surface area (Å²) in [6.07, 6.45) is 8.65. The number of anilines is 2. The van der Waals surface area contributed by atoms with E-state index in [0.29, 0.717) is 11.7 Å². The summed E-state index contributed by atoms with van der Waals surface area (Å²) in [6, 6.07) is 7.95. The predicted octanol–water partition coefficient (Wildman–Crippen LogP) is 3.83. The fourth-order valence-corrected chi connectivity index (χ4v) is 3.70. The van der Waals surface area contributed by atoms with Crippen LogP contribution in [0, 0.1) is 5.92 Å². The van der Waals surface area contributed by atoms with E-state index >= 15 is 0 Å². The van der Waals surface area contributed by atoms with Crippen LogP contribution in [0.5, 0.6) is 0 Å². The zero-order chi connectivity index (χ0) is 15.3. The lowest BCUT2D eigenvalue weighted by Gasteiger charge is -2.30. The molecular formula is C16H26N2O2S. The molecule has 1 aliphatic rings. The fourth-order valence-electron chi connectivity index (χ4n) is 3.12. The van der Waals surface area contributed by atoms with Crippen LogP contribution in [0.3, 0.4) is 0 Å². The molecule has 118 valence electrons. The number of benzene rings is 1. The van der Waals surface area contributed by atoms with Gasteiger partial charge in [-0.15, -0.1) is 0 Å². The molecule has 21 heavy (non-hydrogen) atoms. The van der Waals surface area contributed by atoms with Crippen LogP contribution >= 0.6 is 0 Å². The summed E-state index contributed by atoms with van der Waals surface area (Å²) in [4.78, 5) is 0. The molecule has 0 spiro atoms. The van der Waals surface area contributed by atoms with Crippen molar-refractivity contribution in [2.45, 2.75) is 51.5 Å². The summed E-state index contributed by atoms with van der Waals surface area (Å²) in [5.41, 5.74) is 1.51. The second-order valence-electron chi connectivity index (χ2n) is 6.07. The van der Waals surface area contributed by atoms with Crippen molar-refractivity contribution in [3.8, 4) is 0 Å². The number of para-hydroxylation sites is 2. The molecule has 5 heteroatoms. The highest BCUT2D eigenvalue weighted by Gasteiger charge is 2.21. The van der Waals surface area contributed by atoms with E-state index in [9.17, 15) is 8.42 Å². The highest BCUT2D eigenvalue weighted by atomic mass is 32.2. The largest absolute Gasteiger partial charge is 0.381 e. The Bertz CT molecular complexity index is 549. The maximum absolute atomic E-state index is 11.4. The molecule has 2 N–H and O–H groups in total. The van der Waals surface area contributed by atoms with Gasteiger partial charge in [0.25, 0.3) is 0 Å². The van der Waals surface area contributed by atoms with Crippen molar-refractivity contribution >= 4 is 21.4 Å². The van der Waals surface area contributed by atoms with E-state index in [2.05, 4.69) is 17.0 Å². The molecule has 0 atom stereocenters. The third-order valence-electron chi connectivity index (χ3n) is 4.13. The quantitative estimate of drug-likeness (QED) is 0.839. The molecule has 0 heterocycles. The summed E-state index contributed by atoms with van der Waals surface area (Å²) >= 11 is 0. The van der Waals surface area contributed by atoms with Crippen LogP contribution < -0.4 is 10.0 Å². The lowest BCUT2D eigenvalue weighted by atomic mass is 9.83. The third kappa shape index (κ3) is 5.23. The second kappa shape index (κ2) is 7.16. The number of hydrogen-bond donors (Lipinski definition) is 2. The fraction of sp³-hybridized carbons (Fsp3) is 0.625. The van der Waals surface area contributed by atoms with E-state index in [1.165, 1.54) is 31.9 Å². The van der Waals surface area contributed by atoms with Crippen LogP contribution in [0.4, 0.5) is 11.4 Å². The van der Waals surface area contributed by atoms with E-state index in [1.54, 1.807) is 6.07 Å². The Labute approximate surface area is 128 Å². The van der Waals surface area contributed by atoms with Gasteiger partial charge in [0.2, 0.25) is 10.0 Å². The van der Waals surface area contributed by atoms with Crippen LogP contribution in [-0.4, -0.2) is 20.7 Å². The van der Waals surface area contributed by atoms with Crippen LogP contribution in [0.25, 0.3) is 0 Å². The number of rotatable bonds is 6. The van der Waals surface area contributed by atoms with Crippen molar-refractivity contribution in [2.75, 3.05) is 16.3 Å². The molecule has 0 amide bonds. The minimum atomic E-state index is -3.25. The average molecular weight is 310 g/mol. The molecule has 1 aromatic carbocycles. The molecule has 1 fully saturated rings. The molecule has 0 radical (unpaired) electrons. The number of nitrogens with one attached hydrogen (secondary N) is 2. The number of sulfonamides is 1. The summed E-state index contributed by atoms with van der Waals surface area (Å²) in [6.45, 7) is 2.25. The van der Waals surface area contributed by atoms with E-state index in [-0.39, 0.29) is 0 Å². The van der Waals surface area contributed by atoms with Crippen LogP contribution in [0.1, 0.15) is 45.4 Å². The lowest BCUT2D eigenvalue weighted by Crippen LogP contribution is -2.26. The third-order valence-corrected chi connectivity index (χ3v) is 4.72. The predicted molar refractivity (Wildman–Crippen MR) is 89.2 cm³/mol. The van der Waals surface area contributed by atoms with Crippen molar-refractivity contribution in [3.05, 3.63) is 24.3 Å². The molecular weight excluding hydrogens is 284 g/mol. The Morgan fingerprint density at radius 3 is 2.29 bits per heavy atom. The smallest absolute Gasteiger partial charge is 0.229 e. The molecule has 1 saturated carbocycles. The van der Waals surface area contributed by atoms with Crippen molar-refractivity contribution < 1.29 is 8.42 Å². The Balaban J connectivity index is 1.97. The van der Waals surface area contributed by atoms with E-state index in [0.717, 1.165) is 24.4 Å². The standard InChI is InChI=1S/C16H26N2O2S/c1-3-6-13-9-11-14(12-10-13)17-15-7-4-5-8-16(15)18-21(2,19)20/h4-5,7-8,13-14,17-18H,3,6,9-12H2,1-2H3. The summed E-state index contributed by atoms with van der Waals surface area (Å²) in [5.74, 6) is 0.873. The minimum absolute atomic E-state index is 0.445. The summed E-state index contributed by atoms with van der Waals surface area (Å²) in [7, 11) is -3.25. The summed E-state index contributed by atoms with van der Waals surface area (Å²) < 4.78 is 25.4. The zero-order valence-electron chi connectivity index (χ0n) is 12.9. The van der Waals surface area contributed by atoms with Crippen molar-refractivity contribution in [2.24, 2.45) is 5.92 Å². The minimum Gasteiger partial charge on any atom is -0.381 e. The molecule has 0 aromatic heterocycles. The highest BCUT2D eigenvalue weighted by Crippen LogP contribution is 2.31. The lowest BCUT2D eigenvalue weighted by molar-refractivity contribution is 0.319. The van der Waals surface area contributed by atoms with Gasteiger partial charge in [-0.2, -0.15) is 0 Å². The molecule has 1 aliphatic carbocycles. The van der Waals surface area contributed by atoms with Crippen molar-refractivity contribution in [1.82, 2.24) is 0 Å². The first-order valence-electron chi connectivity index (χ1n) is 7.81. The second-order valence-corrected chi connectivity index (χ2v) is 7.82. The molecule has 0 bridgehead atoms. The Kier molecular flexibility index (Phi) is 5.51. The van der Waals surface area contributed by atoms with E-state index < -0.39 is 10.0 Å². The van der Waals surface area contributed by atoms with Crippen molar-refractivity contribution in [3.63, 3.8) is 0 Å².